The topological polar surface area (TPSA) is 58.6 Å². The van der Waals surface area contributed by atoms with Gasteiger partial charge < -0.3 is 14.5 Å². The van der Waals surface area contributed by atoms with E-state index in [2.05, 4.69) is 20.9 Å². The zero-order valence-corrected chi connectivity index (χ0v) is 13.5. The number of benzene rings is 1. The number of carbonyl (C=O) groups is 1. The van der Waals surface area contributed by atoms with Crippen LogP contribution in [0.25, 0.3) is 0 Å². The van der Waals surface area contributed by atoms with Crippen molar-refractivity contribution in [3.8, 4) is 5.75 Å². The highest BCUT2D eigenvalue weighted by Gasteiger charge is 2.22. The molecule has 1 saturated heterocycles. The first-order valence-electron chi connectivity index (χ1n) is 8.38. The molecule has 0 aliphatic carbocycles. The molecule has 2 aromatic rings. The van der Waals surface area contributed by atoms with Crippen LogP contribution in [0.2, 0.25) is 0 Å². The third-order valence-corrected chi connectivity index (χ3v) is 4.51. The molecule has 3 heterocycles. The first-order valence-corrected chi connectivity index (χ1v) is 8.38. The molecule has 0 radical (unpaired) electrons. The number of rotatable bonds is 2. The van der Waals surface area contributed by atoms with Crippen molar-refractivity contribution in [2.75, 3.05) is 31.1 Å². The highest BCUT2D eigenvalue weighted by Crippen LogP contribution is 2.25. The SMILES string of the molecule is O=C(c1cncc(N2CCOc3ccccc3C2)n1)N1CCCC1. The summed E-state index contributed by atoms with van der Waals surface area (Å²) in [5, 5.41) is 0. The summed E-state index contributed by atoms with van der Waals surface area (Å²) in [6.45, 7) is 3.63. The highest BCUT2D eigenvalue weighted by atomic mass is 16.5. The van der Waals surface area contributed by atoms with Crippen molar-refractivity contribution in [3.05, 3.63) is 47.9 Å². The van der Waals surface area contributed by atoms with Gasteiger partial charge in [-0.15, -0.1) is 0 Å². The molecule has 0 spiro atoms. The van der Waals surface area contributed by atoms with Crippen LogP contribution in [0.15, 0.2) is 36.7 Å². The molecular formula is C18H20N4O2. The maximum Gasteiger partial charge on any atom is 0.274 e. The summed E-state index contributed by atoms with van der Waals surface area (Å²) >= 11 is 0. The molecule has 0 unspecified atom stereocenters. The Kier molecular flexibility index (Phi) is 4.02. The average Bonchev–Trinajstić information content (AvgIpc) is 3.07. The minimum absolute atomic E-state index is 0.0201. The van der Waals surface area contributed by atoms with Crippen LogP contribution >= 0.6 is 0 Å². The van der Waals surface area contributed by atoms with Gasteiger partial charge in [-0.05, 0) is 18.9 Å². The molecule has 1 aromatic heterocycles. The maximum atomic E-state index is 12.5. The van der Waals surface area contributed by atoms with Crippen molar-refractivity contribution in [2.45, 2.75) is 19.4 Å². The van der Waals surface area contributed by atoms with Crippen LogP contribution < -0.4 is 9.64 Å². The third-order valence-electron chi connectivity index (χ3n) is 4.51. The summed E-state index contributed by atoms with van der Waals surface area (Å²) in [7, 11) is 0. The minimum atomic E-state index is -0.0201. The molecule has 6 heteroatoms. The highest BCUT2D eigenvalue weighted by molar-refractivity contribution is 5.92. The predicted molar refractivity (Wildman–Crippen MR) is 90.2 cm³/mol. The van der Waals surface area contributed by atoms with Crippen molar-refractivity contribution >= 4 is 11.7 Å². The number of amides is 1. The first-order chi connectivity index (χ1) is 11.8. The fourth-order valence-corrected chi connectivity index (χ4v) is 3.21. The quantitative estimate of drug-likeness (QED) is 0.847. The largest absolute Gasteiger partial charge is 0.491 e. The fraction of sp³-hybridized carbons (Fsp3) is 0.389. The van der Waals surface area contributed by atoms with Crippen LogP contribution in [0.5, 0.6) is 5.75 Å². The van der Waals surface area contributed by atoms with Gasteiger partial charge in [0.05, 0.1) is 18.9 Å². The number of para-hydroxylation sites is 1. The second kappa shape index (κ2) is 6.47. The van der Waals surface area contributed by atoms with Gasteiger partial charge in [0.15, 0.2) is 0 Å². The van der Waals surface area contributed by atoms with E-state index in [4.69, 9.17) is 4.74 Å². The number of nitrogens with zero attached hydrogens (tertiary/aromatic N) is 4. The zero-order chi connectivity index (χ0) is 16.4. The molecule has 1 aromatic carbocycles. The van der Waals surface area contributed by atoms with Crippen LogP contribution in [0.4, 0.5) is 5.82 Å². The average molecular weight is 324 g/mol. The van der Waals surface area contributed by atoms with Gasteiger partial charge >= 0.3 is 0 Å². The fourth-order valence-electron chi connectivity index (χ4n) is 3.21. The summed E-state index contributed by atoms with van der Waals surface area (Å²) in [4.78, 5) is 25.3. The molecule has 124 valence electrons. The van der Waals surface area contributed by atoms with Gasteiger partial charge in [-0.1, -0.05) is 18.2 Å². The van der Waals surface area contributed by atoms with Crippen LogP contribution in [0, 0.1) is 0 Å². The molecule has 0 atom stereocenters. The summed E-state index contributed by atoms with van der Waals surface area (Å²) < 4.78 is 5.79. The minimum Gasteiger partial charge on any atom is -0.491 e. The molecule has 1 amide bonds. The Bertz CT molecular complexity index is 743. The van der Waals surface area contributed by atoms with E-state index in [0.29, 0.717) is 25.4 Å². The van der Waals surface area contributed by atoms with E-state index in [9.17, 15) is 4.79 Å². The molecule has 0 bridgehead atoms. The van der Waals surface area contributed by atoms with E-state index >= 15 is 0 Å². The maximum absolute atomic E-state index is 12.5. The van der Waals surface area contributed by atoms with Crippen LogP contribution in [0.3, 0.4) is 0 Å². The van der Waals surface area contributed by atoms with Crippen molar-refractivity contribution in [1.82, 2.24) is 14.9 Å². The number of aromatic nitrogens is 2. The van der Waals surface area contributed by atoms with E-state index in [-0.39, 0.29) is 5.91 Å². The lowest BCUT2D eigenvalue weighted by Gasteiger charge is -2.21. The molecule has 0 N–H and O–H groups in total. The Hall–Kier alpha value is -2.63. The van der Waals surface area contributed by atoms with Crippen molar-refractivity contribution < 1.29 is 9.53 Å². The van der Waals surface area contributed by atoms with E-state index in [1.807, 2.05) is 23.1 Å². The summed E-state index contributed by atoms with van der Waals surface area (Å²) in [6.07, 6.45) is 5.42. The summed E-state index contributed by atoms with van der Waals surface area (Å²) in [6, 6.07) is 8.02. The van der Waals surface area contributed by atoms with Crippen molar-refractivity contribution in [1.29, 1.82) is 0 Å². The van der Waals surface area contributed by atoms with Crippen molar-refractivity contribution in [2.24, 2.45) is 0 Å². The standard InChI is InChI=1S/C18H20N4O2/c23-18(21-7-3-4-8-21)15-11-19-12-17(20-15)22-9-10-24-16-6-2-1-5-14(16)13-22/h1-2,5-6,11-12H,3-4,7-10,13H2. The normalized spacial score (nSPS) is 17.2. The molecule has 4 rings (SSSR count). The van der Waals surface area contributed by atoms with E-state index in [0.717, 1.165) is 43.1 Å². The number of likely N-dealkylation sites (tertiary alicyclic amines) is 1. The molecule has 0 saturated carbocycles. The second-order valence-corrected chi connectivity index (χ2v) is 6.14. The van der Waals surface area contributed by atoms with E-state index in [1.165, 1.54) is 0 Å². The molecule has 24 heavy (non-hydrogen) atoms. The predicted octanol–water partition coefficient (Wildman–Crippen LogP) is 2.11. The Morgan fingerprint density at radius 3 is 2.79 bits per heavy atom. The molecule has 6 nitrogen and oxygen atoms in total. The molecular weight excluding hydrogens is 304 g/mol. The number of anilines is 1. The van der Waals surface area contributed by atoms with Crippen molar-refractivity contribution in [3.63, 3.8) is 0 Å². The first kappa shape index (κ1) is 14.9. The number of carbonyl (C=O) groups excluding carboxylic acids is 1. The second-order valence-electron chi connectivity index (χ2n) is 6.14. The van der Waals surface area contributed by atoms with Crippen LogP contribution in [0.1, 0.15) is 28.9 Å². The van der Waals surface area contributed by atoms with Gasteiger partial charge in [0, 0.05) is 25.2 Å². The lowest BCUT2D eigenvalue weighted by molar-refractivity contribution is 0.0786. The van der Waals surface area contributed by atoms with Gasteiger partial charge in [0.2, 0.25) is 0 Å². The Balaban J connectivity index is 1.58. The van der Waals surface area contributed by atoms with Gasteiger partial charge in [-0.2, -0.15) is 0 Å². The smallest absolute Gasteiger partial charge is 0.274 e. The monoisotopic (exact) mass is 324 g/mol. The van der Waals surface area contributed by atoms with Gasteiger partial charge in [0.1, 0.15) is 23.9 Å². The summed E-state index contributed by atoms with van der Waals surface area (Å²) in [5.41, 5.74) is 1.54. The lowest BCUT2D eigenvalue weighted by atomic mass is 10.2. The van der Waals surface area contributed by atoms with Gasteiger partial charge in [-0.3, -0.25) is 9.78 Å². The van der Waals surface area contributed by atoms with E-state index < -0.39 is 0 Å². The number of hydrogen-bond donors (Lipinski definition) is 0. The molecule has 1 fully saturated rings. The molecule has 2 aliphatic heterocycles. The van der Waals surface area contributed by atoms with Gasteiger partial charge in [0.25, 0.3) is 5.91 Å². The number of fused-ring (bicyclic) bond motifs is 1. The zero-order valence-electron chi connectivity index (χ0n) is 13.5. The number of ether oxygens (including phenoxy) is 1. The Morgan fingerprint density at radius 2 is 1.92 bits per heavy atom. The van der Waals surface area contributed by atoms with Crippen LogP contribution in [-0.2, 0) is 6.54 Å². The number of hydrogen-bond acceptors (Lipinski definition) is 5. The van der Waals surface area contributed by atoms with Crippen LogP contribution in [-0.4, -0.2) is 47.0 Å². The third kappa shape index (κ3) is 2.91. The Morgan fingerprint density at radius 1 is 1.08 bits per heavy atom. The van der Waals surface area contributed by atoms with Gasteiger partial charge in [-0.25, -0.2) is 4.98 Å². The lowest BCUT2D eigenvalue weighted by Crippen LogP contribution is -2.30. The van der Waals surface area contributed by atoms with E-state index in [1.54, 1.807) is 12.4 Å². The Labute approximate surface area is 141 Å². The molecule has 2 aliphatic rings. The summed E-state index contributed by atoms with van der Waals surface area (Å²) in [5.74, 6) is 1.62.